The number of hydrogen-bond donors (Lipinski definition) is 1. The largest absolute Gasteiger partial charge is 0.469 e. The summed E-state index contributed by atoms with van der Waals surface area (Å²) in [4.78, 5) is 14.7. The summed E-state index contributed by atoms with van der Waals surface area (Å²) >= 11 is 0. The van der Waals surface area contributed by atoms with Crippen LogP contribution in [0.3, 0.4) is 0 Å². The first kappa shape index (κ1) is 15.2. The molecule has 0 spiro atoms. The Balaban J connectivity index is 1.41. The van der Waals surface area contributed by atoms with Gasteiger partial charge in [0.25, 0.3) is 0 Å². The molecule has 1 aromatic rings. The molecule has 1 saturated carbocycles. The second-order valence-corrected chi connectivity index (χ2v) is 9.12. The Morgan fingerprint density at radius 3 is 2.74 bits per heavy atom. The quantitative estimate of drug-likeness (QED) is 0.877. The summed E-state index contributed by atoms with van der Waals surface area (Å²) in [6.07, 6.45) is 4.63. The molecule has 2 saturated heterocycles. The molecule has 1 aromatic heterocycles. The van der Waals surface area contributed by atoms with Gasteiger partial charge in [0.15, 0.2) is 9.84 Å². The van der Waals surface area contributed by atoms with Gasteiger partial charge in [-0.1, -0.05) is 0 Å². The van der Waals surface area contributed by atoms with E-state index in [0.717, 1.165) is 38.1 Å². The number of likely N-dealkylation sites (tertiary alicyclic amines) is 1. The first-order valence-corrected chi connectivity index (χ1v) is 10.1. The summed E-state index contributed by atoms with van der Waals surface area (Å²) in [5, 5.41) is 3.01. The van der Waals surface area contributed by atoms with E-state index in [0.29, 0.717) is 0 Å². The van der Waals surface area contributed by atoms with Crippen LogP contribution in [0.4, 0.5) is 0 Å². The Hall–Kier alpha value is -1.34. The highest BCUT2D eigenvalue weighted by Crippen LogP contribution is 2.47. The fourth-order valence-corrected chi connectivity index (χ4v) is 5.94. The molecule has 4 atom stereocenters. The molecular weight excluding hydrogens is 316 g/mol. The number of sulfone groups is 1. The number of carbonyl (C=O) groups excluding carboxylic acids is 1. The number of furan rings is 1. The molecule has 7 heteroatoms. The van der Waals surface area contributed by atoms with Gasteiger partial charge >= 0.3 is 0 Å². The van der Waals surface area contributed by atoms with Crippen LogP contribution in [0.15, 0.2) is 22.8 Å². The number of nitrogens with zero attached hydrogens (tertiary/aromatic N) is 1. The Morgan fingerprint density at radius 2 is 2.04 bits per heavy atom. The minimum atomic E-state index is -3.06. The van der Waals surface area contributed by atoms with Crippen molar-refractivity contribution >= 4 is 15.7 Å². The first-order valence-electron chi connectivity index (χ1n) is 8.32. The molecule has 6 nitrogen and oxygen atoms in total. The van der Waals surface area contributed by atoms with Crippen LogP contribution in [0.2, 0.25) is 0 Å². The number of nitrogens with one attached hydrogen (secondary N) is 1. The summed E-state index contributed by atoms with van der Waals surface area (Å²) in [5.74, 6) is 1.12. The molecule has 4 rings (SSSR count). The highest BCUT2D eigenvalue weighted by Gasteiger charge is 2.48. The standard InChI is InChI=1S/C16H22N2O4S/c19-16(12-8-11(12)15-4-3-7-22-15)17-13-9-23(20,21)10-14(13)18-5-1-2-6-18/h3-4,7,11-14H,1-2,5-6,8-10H2,(H,17,19)/t11-,12-,13+,14-/m0/s1. The van der Waals surface area contributed by atoms with Gasteiger partial charge in [-0.05, 0) is 44.5 Å². The van der Waals surface area contributed by atoms with Crippen molar-refractivity contribution < 1.29 is 17.6 Å². The van der Waals surface area contributed by atoms with Crippen LogP contribution in [0, 0.1) is 5.92 Å². The topological polar surface area (TPSA) is 79.6 Å². The second-order valence-electron chi connectivity index (χ2n) is 6.97. The molecule has 1 aliphatic carbocycles. The minimum Gasteiger partial charge on any atom is -0.469 e. The average molecular weight is 338 g/mol. The van der Waals surface area contributed by atoms with Gasteiger partial charge in [0.2, 0.25) is 5.91 Å². The van der Waals surface area contributed by atoms with Crippen LogP contribution in [0.25, 0.3) is 0 Å². The zero-order valence-corrected chi connectivity index (χ0v) is 13.8. The van der Waals surface area contributed by atoms with Crippen molar-refractivity contribution in [1.82, 2.24) is 10.2 Å². The Kier molecular flexibility index (Phi) is 3.72. The van der Waals surface area contributed by atoms with Crippen molar-refractivity contribution in [2.75, 3.05) is 24.6 Å². The molecule has 126 valence electrons. The zero-order chi connectivity index (χ0) is 16.0. The first-order chi connectivity index (χ1) is 11.0. The fourth-order valence-electron chi connectivity index (χ4n) is 3.99. The van der Waals surface area contributed by atoms with E-state index in [9.17, 15) is 13.2 Å². The van der Waals surface area contributed by atoms with E-state index in [1.165, 1.54) is 0 Å². The van der Waals surface area contributed by atoms with Crippen molar-refractivity contribution in [3.63, 3.8) is 0 Å². The van der Waals surface area contributed by atoms with Crippen molar-refractivity contribution in [2.45, 2.75) is 37.3 Å². The summed E-state index contributed by atoms with van der Waals surface area (Å²) in [5.41, 5.74) is 0. The van der Waals surface area contributed by atoms with Crippen LogP contribution in [-0.2, 0) is 14.6 Å². The van der Waals surface area contributed by atoms with Gasteiger partial charge in [-0.15, -0.1) is 0 Å². The van der Waals surface area contributed by atoms with E-state index in [2.05, 4.69) is 10.2 Å². The number of rotatable bonds is 4. The third-order valence-electron chi connectivity index (χ3n) is 5.30. The maximum Gasteiger partial charge on any atom is 0.224 e. The van der Waals surface area contributed by atoms with Crippen molar-refractivity contribution in [3.8, 4) is 0 Å². The zero-order valence-electron chi connectivity index (χ0n) is 13.0. The van der Waals surface area contributed by atoms with Crippen LogP contribution >= 0.6 is 0 Å². The van der Waals surface area contributed by atoms with E-state index >= 15 is 0 Å². The smallest absolute Gasteiger partial charge is 0.224 e. The molecular formula is C16H22N2O4S. The fraction of sp³-hybridized carbons (Fsp3) is 0.688. The van der Waals surface area contributed by atoms with Crippen molar-refractivity contribution in [3.05, 3.63) is 24.2 Å². The summed E-state index contributed by atoms with van der Waals surface area (Å²) in [6, 6.07) is 3.39. The highest BCUT2D eigenvalue weighted by molar-refractivity contribution is 7.91. The highest BCUT2D eigenvalue weighted by atomic mass is 32.2. The summed E-state index contributed by atoms with van der Waals surface area (Å²) in [7, 11) is -3.06. The van der Waals surface area contributed by atoms with E-state index in [1.54, 1.807) is 6.26 Å². The lowest BCUT2D eigenvalue weighted by atomic mass is 10.1. The van der Waals surface area contributed by atoms with E-state index < -0.39 is 9.84 Å². The Bertz CT molecular complexity index is 679. The monoisotopic (exact) mass is 338 g/mol. The summed E-state index contributed by atoms with van der Waals surface area (Å²) in [6.45, 7) is 1.87. The molecule has 0 radical (unpaired) electrons. The van der Waals surface area contributed by atoms with Gasteiger partial charge in [0.1, 0.15) is 5.76 Å². The maximum atomic E-state index is 12.5. The predicted molar refractivity (Wildman–Crippen MR) is 84.7 cm³/mol. The second kappa shape index (κ2) is 5.63. The van der Waals surface area contributed by atoms with Gasteiger partial charge in [-0.2, -0.15) is 0 Å². The molecule has 1 N–H and O–H groups in total. The van der Waals surface area contributed by atoms with E-state index in [-0.39, 0.29) is 41.3 Å². The normalized spacial score (nSPS) is 36.2. The third-order valence-corrected chi connectivity index (χ3v) is 7.01. The van der Waals surface area contributed by atoms with Gasteiger partial charge in [-0.3, -0.25) is 9.69 Å². The van der Waals surface area contributed by atoms with Crippen molar-refractivity contribution in [2.24, 2.45) is 5.92 Å². The van der Waals surface area contributed by atoms with Gasteiger partial charge < -0.3 is 9.73 Å². The summed E-state index contributed by atoms with van der Waals surface area (Å²) < 4.78 is 29.4. The van der Waals surface area contributed by atoms with Crippen LogP contribution < -0.4 is 5.32 Å². The number of amides is 1. The molecule has 23 heavy (non-hydrogen) atoms. The molecule has 2 aliphatic heterocycles. The Morgan fingerprint density at radius 1 is 1.26 bits per heavy atom. The molecule has 0 unspecified atom stereocenters. The SMILES string of the molecule is O=C(N[C@@H]1CS(=O)(=O)C[C@@H]1N1CCCC1)[C@H]1C[C@@H]1c1ccco1. The number of carbonyl (C=O) groups is 1. The van der Waals surface area contributed by atoms with Crippen molar-refractivity contribution in [1.29, 1.82) is 0 Å². The van der Waals surface area contributed by atoms with Crippen LogP contribution in [0.5, 0.6) is 0 Å². The Labute approximate surface area is 136 Å². The van der Waals surface area contributed by atoms with Gasteiger partial charge in [-0.25, -0.2) is 8.42 Å². The lowest BCUT2D eigenvalue weighted by molar-refractivity contribution is -0.123. The predicted octanol–water partition coefficient (Wildman–Crippen LogP) is 0.761. The van der Waals surface area contributed by atoms with Gasteiger partial charge in [0, 0.05) is 17.9 Å². The van der Waals surface area contributed by atoms with E-state index in [1.807, 2.05) is 12.1 Å². The molecule has 1 amide bonds. The minimum absolute atomic E-state index is 0.0299. The molecule has 3 fully saturated rings. The molecule has 3 aliphatic rings. The lowest BCUT2D eigenvalue weighted by Gasteiger charge is -2.28. The number of hydrogen-bond acceptors (Lipinski definition) is 5. The maximum absolute atomic E-state index is 12.5. The average Bonchev–Trinajstić information content (AvgIpc) is 2.90. The third kappa shape index (κ3) is 3.04. The van der Waals surface area contributed by atoms with E-state index in [4.69, 9.17) is 4.42 Å². The molecule has 3 heterocycles. The van der Waals surface area contributed by atoms with Crippen LogP contribution in [0.1, 0.15) is 30.9 Å². The van der Waals surface area contributed by atoms with Crippen LogP contribution in [-0.4, -0.2) is 55.9 Å². The lowest BCUT2D eigenvalue weighted by Crippen LogP contribution is -2.50. The van der Waals surface area contributed by atoms with Gasteiger partial charge in [0.05, 0.1) is 23.8 Å². The molecule has 0 aromatic carbocycles. The molecule has 0 bridgehead atoms.